The number of carboxylic acids is 1. The molecule has 0 bridgehead atoms. The minimum Gasteiger partial charge on any atom is -0.481 e. The summed E-state index contributed by atoms with van der Waals surface area (Å²) in [6.45, 7) is 0. The highest BCUT2D eigenvalue weighted by molar-refractivity contribution is 5.91. The average Bonchev–Trinajstić information content (AvgIpc) is 3.28. The van der Waals surface area contributed by atoms with Crippen LogP contribution in [0.1, 0.15) is 29.9 Å². The van der Waals surface area contributed by atoms with E-state index in [9.17, 15) is 9.59 Å². The molecule has 0 aromatic heterocycles. The Morgan fingerprint density at radius 3 is 2.39 bits per heavy atom. The Morgan fingerprint density at radius 1 is 1.04 bits per heavy atom. The Balaban J connectivity index is 1.49. The van der Waals surface area contributed by atoms with Gasteiger partial charge < -0.3 is 10.4 Å². The van der Waals surface area contributed by atoms with Crippen molar-refractivity contribution in [3.63, 3.8) is 0 Å². The Hall–Kier alpha value is -2.62. The number of rotatable bonds is 6. The van der Waals surface area contributed by atoms with Crippen LogP contribution in [-0.2, 0) is 16.0 Å². The second kappa shape index (κ2) is 6.65. The molecule has 0 aliphatic heterocycles. The summed E-state index contributed by atoms with van der Waals surface area (Å²) >= 11 is 0. The van der Waals surface area contributed by atoms with Crippen molar-refractivity contribution >= 4 is 17.6 Å². The zero-order chi connectivity index (χ0) is 16.2. The summed E-state index contributed by atoms with van der Waals surface area (Å²) in [5.74, 6) is 0.0745. The van der Waals surface area contributed by atoms with Crippen LogP contribution in [0.5, 0.6) is 0 Å². The van der Waals surface area contributed by atoms with Crippen LogP contribution >= 0.6 is 0 Å². The molecule has 0 heterocycles. The summed E-state index contributed by atoms with van der Waals surface area (Å²) < 4.78 is 0. The fourth-order valence-corrected chi connectivity index (χ4v) is 2.91. The first-order chi connectivity index (χ1) is 11.1. The summed E-state index contributed by atoms with van der Waals surface area (Å²) in [4.78, 5) is 22.7. The smallest absolute Gasteiger partial charge is 0.307 e. The van der Waals surface area contributed by atoms with Gasteiger partial charge in [0.05, 0.1) is 6.42 Å². The minimum atomic E-state index is -0.859. The Bertz CT molecular complexity index is 694. The quantitative estimate of drug-likeness (QED) is 0.859. The molecule has 0 radical (unpaired) electrons. The molecule has 1 fully saturated rings. The monoisotopic (exact) mass is 309 g/mol. The lowest BCUT2D eigenvalue weighted by atomic mass is 10.1. The number of amides is 1. The van der Waals surface area contributed by atoms with Gasteiger partial charge in [0.2, 0.25) is 5.91 Å². The minimum absolute atomic E-state index is 0.00490. The molecule has 23 heavy (non-hydrogen) atoms. The fraction of sp³-hybridized carbons (Fsp3) is 0.263. The summed E-state index contributed by atoms with van der Waals surface area (Å²) in [6, 6.07) is 17.2. The van der Waals surface area contributed by atoms with E-state index in [0.29, 0.717) is 23.9 Å². The molecule has 0 spiro atoms. The fourth-order valence-electron chi connectivity index (χ4n) is 2.91. The second-order valence-corrected chi connectivity index (χ2v) is 6.03. The van der Waals surface area contributed by atoms with E-state index < -0.39 is 5.97 Å². The van der Waals surface area contributed by atoms with E-state index >= 15 is 0 Å². The zero-order valence-electron chi connectivity index (χ0n) is 12.7. The SMILES string of the molecule is O=C(O)Cc1ccc(NC(=O)C[C@@H]2C[C@H]2c2ccccc2)cc1. The Kier molecular flexibility index (Phi) is 4.42. The van der Waals surface area contributed by atoms with E-state index in [2.05, 4.69) is 17.4 Å². The van der Waals surface area contributed by atoms with Crippen LogP contribution in [0.4, 0.5) is 5.69 Å². The van der Waals surface area contributed by atoms with Crippen molar-refractivity contribution < 1.29 is 14.7 Å². The van der Waals surface area contributed by atoms with Crippen molar-refractivity contribution in [2.45, 2.75) is 25.2 Å². The first-order valence-corrected chi connectivity index (χ1v) is 7.77. The van der Waals surface area contributed by atoms with Gasteiger partial charge in [-0.15, -0.1) is 0 Å². The summed E-state index contributed by atoms with van der Waals surface area (Å²) in [5.41, 5.74) is 2.74. The normalized spacial score (nSPS) is 19.1. The highest BCUT2D eigenvalue weighted by atomic mass is 16.4. The zero-order valence-corrected chi connectivity index (χ0v) is 12.7. The number of carbonyl (C=O) groups excluding carboxylic acids is 1. The lowest BCUT2D eigenvalue weighted by Gasteiger charge is -2.06. The standard InChI is InChI=1S/C19H19NO3/c21-18(12-15-11-17(15)14-4-2-1-3-5-14)20-16-8-6-13(7-9-16)10-19(22)23/h1-9,15,17H,10-12H2,(H,20,21)(H,22,23)/t15-,17-/m0/s1. The lowest BCUT2D eigenvalue weighted by molar-refractivity contribution is -0.136. The molecule has 4 nitrogen and oxygen atoms in total. The van der Waals surface area contributed by atoms with Crippen LogP contribution < -0.4 is 5.32 Å². The maximum Gasteiger partial charge on any atom is 0.307 e. The molecule has 4 heteroatoms. The predicted octanol–water partition coefficient (Wildman–Crippen LogP) is 3.45. The highest BCUT2D eigenvalue weighted by Gasteiger charge is 2.39. The van der Waals surface area contributed by atoms with Crippen LogP contribution in [0.25, 0.3) is 0 Å². The van der Waals surface area contributed by atoms with Crippen molar-refractivity contribution in [2.24, 2.45) is 5.92 Å². The molecule has 2 aromatic rings. The van der Waals surface area contributed by atoms with Gasteiger partial charge in [-0.25, -0.2) is 0 Å². The summed E-state index contributed by atoms with van der Waals surface area (Å²) in [5, 5.41) is 11.6. The molecule has 3 rings (SSSR count). The van der Waals surface area contributed by atoms with E-state index in [1.807, 2.05) is 18.2 Å². The van der Waals surface area contributed by atoms with Crippen LogP contribution in [0.3, 0.4) is 0 Å². The van der Waals surface area contributed by atoms with E-state index in [4.69, 9.17) is 5.11 Å². The second-order valence-electron chi connectivity index (χ2n) is 6.03. The number of hydrogen-bond acceptors (Lipinski definition) is 2. The molecule has 2 atom stereocenters. The number of hydrogen-bond donors (Lipinski definition) is 2. The number of carbonyl (C=O) groups is 2. The first kappa shape index (κ1) is 15.3. The number of anilines is 1. The third-order valence-electron chi connectivity index (χ3n) is 4.19. The number of nitrogens with one attached hydrogen (secondary N) is 1. The summed E-state index contributed by atoms with van der Waals surface area (Å²) in [7, 11) is 0. The third kappa shape index (κ3) is 4.19. The van der Waals surface area contributed by atoms with Crippen LogP contribution in [-0.4, -0.2) is 17.0 Å². The molecular weight excluding hydrogens is 290 g/mol. The molecule has 0 saturated heterocycles. The third-order valence-corrected chi connectivity index (χ3v) is 4.19. The molecule has 2 aromatic carbocycles. The molecule has 1 saturated carbocycles. The van der Waals surface area contributed by atoms with Crippen LogP contribution in [0.2, 0.25) is 0 Å². The topological polar surface area (TPSA) is 66.4 Å². The van der Waals surface area contributed by atoms with E-state index in [1.165, 1.54) is 5.56 Å². The van der Waals surface area contributed by atoms with Crippen LogP contribution in [0.15, 0.2) is 54.6 Å². The van der Waals surface area contributed by atoms with Gasteiger partial charge in [0.15, 0.2) is 0 Å². The lowest BCUT2D eigenvalue weighted by Crippen LogP contribution is -2.12. The average molecular weight is 309 g/mol. The van der Waals surface area contributed by atoms with Gasteiger partial charge in [0.25, 0.3) is 0 Å². The molecule has 1 aliphatic carbocycles. The van der Waals surface area contributed by atoms with Gasteiger partial charge in [-0.3, -0.25) is 9.59 Å². The van der Waals surface area contributed by atoms with Gasteiger partial charge >= 0.3 is 5.97 Å². The van der Waals surface area contributed by atoms with Crippen molar-refractivity contribution in [1.82, 2.24) is 0 Å². The van der Waals surface area contributed by atoms with Crippen LogP contribution in [0, 0.1) is 5.92 Å². The Labute approximate surface area is 135 Å². The van der Waals surface area contributed by atoms with E-state index in [-0.39, 0.29) is 12.3 Å². The molecule has 118 valence electrons. The number of carboxylic acid groups (broad SMARTS) is 1. The number of benzene rings is 2. The molecule has 1 aliphatic rings. The highest BCUT2D eigenvalue weighted by Crippen LogP contribution is 2.49. The summed E-state index contributed by atoms with van der Waals surface area (Å²) in [6.07, 6.45) is 1.58. The van der Waals surface area contributed by atoms with Gasteiger partial charge in [0.1, 0.15) is 0 Å². The van der Waals surface area contributed by atoms with Crippen molar-refractivity contribution in [2.75, 3.05) is 5.32 Å². The molecule has 1 amide bonds. The van der Waals surface area contributed by atoms with Gasteiger partial charge in [-0.05, 0) is 41.5 Å². The molecule has 0 unspecified atom stereocenters. The predicted molar refractivity (Wildman–Crippen MR) is 88.3 cm³/mol. The Morgan fingerprint density at radius 2 is 1.74 bits per heavy atom. The van der Waals surface area contributed by atoms with E-state index in [0.717, 1.165) is 12.0 Å². The first-order valence-electron chi connectivity index (χ1n) is 7.77. The van der Waals surface area contributed by atoms with Gasteiger partial charge in [-0.1, -0.05) is 42.5 Å². The van der Waals surface area contributed by atoms with Gasteiger partial charge in [-0.2, -0.15) is 0 Å². The van der Waals surface area contributed by atoms with Crippen molar-refractivity contribution in [3.05, 3.63) is 65.7 Å². The van der Waals surface area contributed by atoms with E-state index in [1.54, 1.807) is 24.3 Å². The van der Waals surface area contributed by atoms with Crippen molar-refractivity contribution in [3.8, 4) is 0 Å². The maximum absolute atomic E-state index is 12.1. The largest absolute Gasteiger partial charge is 0.481 e. The number of aliphatic carboxylic acids is 1. The van der Waals surface area contributed by atoms with Crippen molar-refractivity contribution in [1.29, 1.82) is 0 Å². The molecular formula is C19H19NO3. The van der Waals surface area contributed by atoms with Gasteiger partial charge in [0, 0.05) is 12.1 Å². The molecule has 2 N–H and O–H groups in total. The maximum atomic E-state index is 12.1.